The van der Waals surface area contributed by atoms with Crippen molar-refractivity contribution >= 4 is 23.6 Å². The van der Waals surface area contributed by atoms with Crippen molar-refractivity contribution in [3.8, 4) is 11.5 Å². The Kier molecular flexibility index (Phi) is 6.31. The van der Waals surface area contributed by atoms with Gasteiger partial charge >= 0.3 is 5.97 Å². The molecule has 2 amide bonds. The molecule has 0 spiro atoms. The van der Waals surface area contributed by atoms with Gasteiger partial charge in [0.1, 0.15) is 0 Å². The number of allylic oxidation sites excluding steroid dienone is 2. The van der Waals surface area contributed by atoms with Crippen LogP contribution in [-0.2, 0) is 19.1 Å². The molecule has 0 N–H and O–H groups in total. The zero-order chi connectivity index (χ0) is 21.0. The highest BCUT2D eigenvalue weighted by atomic mass is 16.5. The number of benzene rings is 1. The van der Waals surface area contributed by atoms with E-state index in [-0.39, 0.29) is 36.6 Å². The van der Waals surface area contributed by atoms with Crippen molar-refractivity contribution in [3.63, 3.8) is 0 Å². The zero-order valence-corrected chi connectivity index (χ0v) is 16.4. The van der Waals surface area contributed by atoms with Gasteiger partial charge in [-0.2, -0.15) is 0 Å². The molecule has 8 heteroatoms. The number of carbonyl (C=O) groups is 4. The number of ether oxygens (including phenoxy) is 3. The van der Waals surface area contributed by atoms with E-state index in [1.807, 2.05) is 12.2 Å². The summed E-state index contributed by atoms with van der Waals surface area (Å²) in [6, 6.07) is 4.65. The molecule has 1 aliphatic carbocycles. The molecule has 0 saturated carbocycles. The summed E-state index contributed by atoms with van der Waals surface area (Å²) in [4.78, 5) is 50.1. The molecule has 0 aromatic heterocycles. The molecule has 3 rings (SSSR count). The maximum atomic E-state index is 12.4. The Hall–Kier alpha value is -3.16. The number of imide groups is 1. The number of likely N-dealkylation sites (tertiary alicyclic amines) is 1. The maximum absolute atomic E-state index is 12.4. The summed E-state index contributed by atoms with van der Waals surface area (Å²) in [7, 11) is 2.95. The van der Waals surface area contributed by atoms with Gasteiger partial charge in [0.05, 0.1) is 32.5 Å². The number of carbonyl (C=O) groups excluding carboxylic acids is 4. The second kappa shape index (κ2) is 8.89. The summed E-state index contributed by atoms with van der Waals surface area (Å²) in [6.07, 6.45) is 4.77. The lowest BCUT2D eigenvalue weighted by Crippen LogP contribution is -2.33. The van der Waals surface area contributed by atoms with E-state index in [9.17, 15) is 19.2 Å². The van der Waals surface area contributed by atoms with Crippen molar-refractivity contribution in [2.75, 3.05) is 27.4 Å². The zero-order valence-electron chi connectivity index (χ0n) is 16.4. The highest BCUT2D eigenvalue weighted by molar-refractivity contribution is 6.05. The quantitative estimate of drug-likeness (QED) is 0.283. The summed E-state index contributed by atoms with van der Waals surface area (Å²) in [5.41, 5.74) is 0.317. The van der Waals surface area contributed by atoms with E-state index in [0.29, 0.717) is 29.9 Å². The number of rotatable bonds is 8. The number of esters is 1. The van der Waals surface area contributed by atoms with Crippen molar-refractivity contribution in [2.45, 2.75) is 19.3 Å². The van der Waals surface area contributed by atoms with E-state index in [2.05, 4.69) is 0 Å². The van der Waals surface area contributed by atoms with Gasteiger partial charge in [0.2, 0.25) is 11.8 Å². The van der Waals surface area contributed by atoms with E-state index >= 15 is 0 Å². The average molecular weight is 401 g/mol. The molecule has 2 aliphatic rings. The maximum Gasteiger partial charge on any atom is 0.308 e. The molecule has 1 heterocycles. The van der Waals surface area contributed by atoms with Crippen LogP contribution in [0.3, 0.4) is 0 Å². The van der Waals surface area contributed by atoms with Gasteiger partial charge in [-0.1, -0.05) is 12.2 Å². The average Bonchev–Trinajstić information content (AvgIpc) is 3.00. The molecule has 1 aromatic rings. The number of hydrogen-bond acceptors (Lipinski definition) is 7. The Bertz CT molecular complexity index is 835. The minimum atomic E-state index is -0.646. The Morgan fingerprint density at radius 2 is 1.62 bits per heavy atom. The number of ketones is 1. The van der Waals surface area contributed by atoms with Gasteiger partial charge in [-0.25, -0.2) is 0 Å². The first-order valence-corrected chi connectivity index (χ1v) is 9.37. The Labute approximate surface area is 168 Å². The molecule has 1 fully saturated rings. The monoisotopic (exact) mass is 401 g/mol. The van der Waals surface area contributed by atoms with Gasteiger partial charge in [0, 0.05) is 12.1 Å². The number of hydrogen-bond donors (Lipinski definition) is 0. The van der Waals surface area contributed by atoms with Gasteiger partial charge in [-0.05, 0) is 31.0 Å². The highest BCUT2D eigenvalue weighted by Gasteiger charge is 2.46. The van der Waals surface area contributed by atoms with Crippen molar-refractivity contribution < 1.29 is 33.4 Å². The summed E-state index contributed by atoms with van der Waals surface area (Å²) in [6.45, 7) is -0.473. The lowest BCUT2D eigenvalue weighted by molar-refractivity contribution is -0.145. The van der Waals surface area contributed by atoms with Crippen LogP contribution in [0, 0.1) is 11.8 Å². The van der Waals surface area contributed by atoms with E-state index in [1.165, 1.54) is 20.3 Å². The minimum Gasteiger partial charge on any atom is -0.493 e. The van der Waals surface area contributed by atoms with Gasteiger partial charge in [0.25, 0.3) is 0 Å². The van der Waals surface area contributed by atoms with Gasteiger partial charge in [0.15, 0.2) is 23.9 Å². The predicted octanol–water partition coefficient (Wildman–Crippen LogP) is 1.77. The fourth-order valence-corrected chi connectivity index (χ4v) is 3.60. The number of Topliss-reactive ketones (excluding diaryl/α,β-unsaturated/α-hetero) is 1. The fourth-order valence-electron chi connectivity index (χ4n) is 3.60. The van der Waals surface area contributed by atoms with Crippen molar-refractivity contribution in [2.24, 2.45) is 11.8 Å². The van der Waals surface area contributed by atoms with E-state index < -0.39 is 18.4 Å². The van der Waals surface area contributed by atoms with E-state index in [0.717, 1.165) is 4.90 Å². The van der Waals surface area contributed by atoms with Crippen molar-refractivity contribution in [1.29, 1.82) is 0 Å². The molecule has 1 saturated heterocycles. The number of amides is 2. The van der Waals surface area contributed by atoms with Crippen LogP contribution in [0.5, 0.6) is 11.5 Å². The Morgan fingerprint density at radius 1 is 1.00 bits per heavy atom. The van der Waals surface area contributed by atoms with Gasteiger partial charge < -0.3 is 14.2 Å². The molecule has 1 aliphatic heterocycles. The lowest BCUT2D eigenvalue weighted by Gasteiger charge is -2.14. The van der Waals surface area contributed by atoms with Crippen LogP contribution >= 0.6 is 0 Å². The number of fused-ring (bicyclic) bond motifs is 1. The van der Waals surface area contributed by atoms with E-state index in [4.69, 9.17) is 14.2 Å². The molecule has 8 nitrogen and oxygen atoms in total. The largest absolute Gasteiger partial charge is 0.493 e. The SMILES string of the molecule is COc1ccc(C(=O)COC(=O)CCN2C(=O)[C@H]3CC=CC[C@H]3C2=O)cc1OC. The predicted molar refractivity (Wildman–Crippen MR) is 102 cm³/mol. The van der Waals surface area contributed by atoms with Gasteiger partial charge in [-0.3, -0.25) is 24.1 Å². The molecule has 2 atom stereocenters. The molecule has 0 radical (unpaired) electrons. The molecule has 1 aromatic carbocycles. The fraction of sp³-hybridized carbons (Fsp3) is 0.429. The summed E-state index contributed by atoms with van der Waals surface area (Å²) >= 11 is 0. The van der Waals surface area contributed by atoms with Gasteiger partial charge in [-0.15, -0.1) is 0 Å². The Morgan fingerprint density at radius 3 is 2.21 bits per heavy atom. The molecule has 0 unspecified atom stereocenters. The minimum absolute atomic E-state index is 0.0337. The van der Waals surface area contributed by atoms with E-state index in [1.54, 1.807) is 12.1 Å². The first kappa shape index (κ1) is 20.6. The van der Waals surface area contributed by atoms with Crippen LogP contribution in [0.2, 0.25) is 0 Å². The summed E-state index contributed by atoms with van der Waals surface area (Å²) in [5.74, 6) is -1.29. The summed E-state index contributed by atoms with van der Waals surface area (Å²) in [5, 5.41) is 0. The second-order valence-corrected chi connectivity index (χ2v) is 6.89. The smallest absolute Gasteiger partial charge is 0.308 e. The molecular weight excluding hydrogens is 378 g/mol. The second-order valence-electron chi connectivity index (χ2n) is 6.89. The number of nitrogens with zero attached hydrogens (tertiary/aromatic N) is 1. The van der Waals surface area contributed by atoms with Crippen molar-refractivity contribution in [1.82, 2.24) is 4.90 Å². The van der Waals surface area contributed by atoms with Crippen LogP contribution in [-0.4, -0.2) is 55.8 Å². The molecular formula is C21H23NO7. The highest BCUT2D eigenvalue weighted by Crippen LogP contribution is 2.35. The first-order valence-electron chi connectivity index (χ1n) is 9.37. The third-order valence-corrected chi connectivity index (χ3v) is 5.21. The lowest BCUT2D eigenvalue weighted by atomic mass is 9.85. The van der Waals surface area contributed by atoms with Crippen LogP contribution in [0.1, 0.15) is 29.6 Å². The van der Waals surface area contributed by atoms with Crippen molar-refractivity contribution in [3.05, 3.63) is 35.9 Å². The standard InChI is InChI=1S/C21H23NO7/c1-27-17-8-7-13(11-18(17)28-2)16(23)12-29-19(24)9-10-22-20(25)14-5-3-4-6-15(14)21(22)26/h3-4,7-8,11,14-15H,5-6,9-10,12H2,1-2H3/t14-,15+. The molecule has 154 valence electrons. The third kappa shape index (κ3) is 4.31. The first-order chi connectivity index (χ1) is 14.0. The molecule has 0 bridgehead atoms. The normalized spacial score (nSPS) is 20.4. The third-order valence-electron chi connectivity index (χ3n) is 5.21. The van der Waals surface area contributed by atoms with Crippen LogP contribution in [0.25, 0.3) is 0 Å². The molecule has 29 heavy (non-hydrogen) atoms. The van der Waals surface area contributed by atoms with Crippen LogP contribution in [0.4, 0.5) is 0 Å². The Balaban J connectivity index is 1.50. The van der Waals surface area contributed by atoms with Crippen LogP contribution < -0.4 is 9.47 Å². The van der Waals surface area contributed by atoms with Crippen LogP contribution in [0.15, 0.2) is 30.4 Å². The summed E-state index contributed by atoms with van der Waals surface area (Å²) < 4.78 is 15.3. The number of methoxy groups -OCH3 is 2. The topological polar surface area (TPSA) is 99.2 Å².